The molecular formula is C11H15ClFNO. The average molecular weight is 232 g/mol. The highest BCUT2D eigenvalue weighted by Gasteiger charge is 2.03. The molecule has 1 rings (SSSR count). The maximum absolute atomic E-state index is 13.4. The molecule has 0 aliphatic carbocycles. The molecule has 0 radical (unpaired) electrons. The van der Waals surface area contributed by atoms with Crippen molar-refractivity contribution in [3.8, 4) is 5.75 Å². The number of hydrogen-bond acceptors (Lipinski definition) is 2. The molecular weight excluding hydrogens is 217 g/mol. The number of halogens is 2. The van der Waals surface area contributed by atoms with Gasteiger partial charge in [0.15, 0.2) is 11.6 Å². The van der Waals surface area contributed by atoms with Crippen LogP contribution in [0.25, 0.3) is 0 Å². The first-order chi connectivity index (χ1) is 7.27. The fourth-order valence-corrected chi connectivity index (χ4v) is 1.32. The van der Waals surface area contributed by atoms with Crippen LogP contribution in [-0.4, -0.2) is 19.0 Å². The predicted molar refractivity (Wildman–Crippen MR) is 61.4 cm³/mol. The van der Waals surface area contributed by atoms with Crippen LogP contribution in [0.15, 0.2) is 18.2 Å². The summed E-state index contributed by atoms with van der Waals surface area (Å²) >= 11 is 5.53. The van der Waals surface area contributed by atoms with Crippen molar-refractivity contribution in [1.29, 1.82) is 0 Å². The van der Waals surface area contributed by atoms with Gasteiger partial charge < -0.3 is 10.1 Å². The lowest BCUT2D eigenvalue weighted by molar-refractivity contribution is 0.321. The molecule has 2 nitrogen and oxygen atoms in total. The Bertz CT molecular complexity index is 307. The van der Waals surface area contributed by atoms with E-state index < -0.39 is 0 Å². The summed E-state index contributed by atoms with van der Waals surface area (Å²) in [4.78, 5) is 0. The van der Waals surface area contributed by atoms with Crippen LogP contribution in [0.3, 0.4) is 0 Å². The van der Waals surface area contributed by atoms with E-state index in [1.54, 1.807) is 12.1 Å². The monoisotopic (exact) mass is 231 g/mol. The van der Waals surface area contributed by atoms with E-state index in [0.717, 1.165) is 18.7 Å². The van der Waals surface area contributed by atoms with Crippen molar-refractivity contribution in [1.82, 2.24) is 0 Å². The van der Waals surface area contributed by atoms with Crippen LogP contribution in [0.2, 0.25) is 0 Å². The maximum Gasteiger partial charge on any atom is 0.167 e. The second-order valence-electron chi connectivity index (χ2n) is 3.05. The number of nitrogens with one attached hydrogen (secondary N) is 1. The summed E-state index contributed by atoms with van der Waals surface area (Å²) in [5.74, 6) is 0.556. The standard InChI is InChI=1S/C11H15ClFNO/c1-2-15-11-5-4-9(8-10(11)13)14-7-3-6-12/h4-5,8,14H,2-3,6-7H2,1H3. The molecule has 15 heavy (non-hydrogen) atoms. The molecule has 0 unspecified atom stereocenters. The molecule has 0 saturated heterocycles. The van der Waals surface area contributed by atoms with Crippen LogP contribution in [0, 0.1) is 5.82 Å². The van der Waals surface area contributed by atoms with Crippen molar-refractivity contribution in [2.24, 2.45) is 0 Å². The lowest BCUT2D eigenvalue weighted by atomic mass is 10.3. The van der Waals surface area contributed by atoms with Crippen molar-refractivity contribution < 1.29 is 9.13 Å². The number of rotatable bonds is 6. The number of anilines is 1. The van der Waals surface area contributed by atoms with Gasteiger partial charge in [0.2, 0.25) is 0 Å². The van der Waals surface area contributed by atoms with Crippen molar-refractivity contribution in [3.63, 3.8) is 0 Å². The minimum Gasteiger partial charge on any atom is -0.491 e. The van der Waals surface area contributed by atoms with E-state index in [1.807, 2.05) is 6.92 Å². The number of benzene rings is 1. The third kappa shape index (κ3) is 3.96. The molecule has 0 spiro atoms. The lowest BCUT2D eigenvalue weighted by Gasteiger charge is -2.08. The Hall–Kier alpha value is -0.960. The molecule has 0 amide bonds. The summed E-state index contributed by atoms with van der Waals surface area (Å²) in [5.41, 5.74) is 0.751. The Morgan fingerprint density at radius 2 is 2.27 bits per heavy atom. The molecule has 0 heterocycles. The largest absolute Gasteiger partial charge is 0.491 e. The second-order valence-corrected chi connectivity index (χ2v) is 3.43. The minimum atomic E-state index is -0.340. The summed E-state index contributed by atoms with van der Waals surface area (Å²) in [6.45, 7) is 3.04. The first-order valence-corrected chi connectivity index (χ1v) is 5.53. The second kappa shape index (κ2) is 6.51. The third-order valence-electron chi connectivity index (χ3n) is 1.87. The Kier molecular flexibility index (Phi) is 5.26. The highest BCUT2D eigenvalue weighted by Crippen LogP contribution is 2.20. The molecule has 1 aromatic rings. The van der Waals surface area contributed by atoms with Crippen LogP contribution < -0.4 is 10.1 Å². The van der Waals surface area contributed by atoms with Gasteiger partial charge in [0.1, 0.15) is 0 Å². The summed E-state index contributed by atoms with van der Waals surface area (Å²) < 4.78 is 18.4. The van der Waals surface area contributed by atoms with Crippen LogP contribution in [-0.2, 0) is 0 Å². The van der Waals surface area contributed by atoms with E-state index >= 15 is 0 Å². The van der Waals surface area contributed by atoms with Gasteiger partial charge in [0.05, 0.1) is 6.61 Å². The summed E-state index contributed by atoms with van der Waals surface area (Å²) in [7, 11) is 0. The topological polar surface area (TPSA) is 21.3 Å². The Morgan fingerprint density at radius 1 is 1.47 bits per heavy atom. The SMILES string of the molecule is CCOc1ccc(NCCCCl)cc1F. The van der Waals surface area contributed by atoms with Crippen LogP contribution >= 0.6 is 11.6 Å². The van der Waals surface area contributed by atoms with Crippen LogP contribution in [0.1, 0.15) is 13.3 Å². The smallest absolute Gasteiger partial charge is 0.167 e. The molecule has 0 fully saturated rings. The Labute approximate surface area is 94.4 Å². The van der Waals surface area contributed by atoms with Gasteiger partial charge in [-0.05, 0) is 25.5 Å². The number of ether oxygens (including phenoxy) is 1. The van der Waals surface area contributed by atoms with E-state index in [4.69, 9.17) is 16.3 Å². The van der Waals surface area contributed by atoms with E-state index in [0.29, 0.717) is 18.2 Å². The highest BCUT2D eigenvalue weighted by molar-refractivity contribution is 6.17. The van der Waals surface area contributed by atoms with Crippen molar-refractivity contribution in [2.75, 3.05) is 24.3 Å². The van der Waals surface area contributed by atoms with E-state index in [2.05, 4.69) is 5.32 Å². The Balaban J connectivity index is 2.56. The zero-order valence-electron chi connectivity index (χ0n) is 8.72. The Morgan fingerprint density at radius 3 is 2.87 bits per heavy atom. The lowest BCUT2D eigenvalue weighted by Crippen LogP contribution is -2.03. The fourth-order valence-electron chi connectivity index (χ4n) is 1.18. The molecule has 0 saturated carbocycles. The molecule has 1 N–H and O–H groups in total. The third-order valence-corrected chi connectivity index (χ3v) is 2.14. The van der Waals surface area contributed by atoms with Gasteiger partial charge in [-0.25, -0.2) is 4.39 Å². The fraction of sp³-hybridized carbons (Fsp3) is 0.455. The first-order valence-electron chi connectivity index (χ1n) is 5.00. The number of alkyl halides is 1. The molecule has 0 atom stereocenters. The molecule has 0 aliphatic rings. The van der Waals surface area contributed by atoms with Gasteiger partial charge >= 0.3 is 0 Å². The number of hydrogen-bond donors (Lipinski definition) is 1. The van der Waals surface area contributed by atoms with Crippen molar-refractivity contribution in [2.45, 2.75) is 13.3 Å². The van der Waals surface area contributed by atoms with E-state index in [1.165, 1.54) is 6.07 Å². The average Bonchev–Trinajstić information content (AvgIpc) is 2.23. The van der Waals surface area contributed by atoms with E-state index in [-0.39, 0.29) is 5.82 Å². The van der Waals surface area contributed by atoms with Gasteiger partial charge in [-0.1, -0.05) is 0 Å². The van der Waals surface area contributed by atoms with Crippen LogP contribution in [0.5, 0.6) is 5.75 Å². The molecule has 4 heteroatoms. The minimum absolute atomic E-state index is 0.292. The predicted octanol–water partition coefficient (Wildman–Crippen LogP) is 3.27. The molecule has 1 aromatic carbocycles. The first kappa shape index (κ1) is 12.1. The van der Waals surface area contributed by atoms with E-state index in [9.17, 15) is 4.39 Å². The zero-order valence-corrected chi connectivity index (χ0v) is 9.48. The molecule has 84 valence electrons. The zero-order chi connectivity index (χ0) is 11.1. The van der Waals surface area contributed by atoms with Crippen LogP contribution in [0.4, 0.5) is 10.1 Å². The van der Waals surface area contributed by atoms with Gasteiger partial charge in [-0.2, -0.15) is 0 Å². The van der Waals surface area contributed by atoms with Gasteiger partial charge in [0, 0.05) is 24.2 Å². The molecule has 0 bridgehead atoms. The summed E-state index contributed by atoms with van der Waals surface area (Å²) in [6, 6.07) is 4.85. The summed E-state index contributed by atoms with van der Waals surface area (Å²) in [5, 5.41) is 3.08. The summed E-state index contributed by atoms with van der Waals surface area (Å²) in [6.07, 6.45) is 0.858. The van der Waals surface area contributed by atoms with Gasteiger partial charge in [-0.15, -0.1) is 11.6 Å². The molecule has 0 aromatic heterocycles. The molecule has 0 aliphatic heterocycles. The van der Waals surface area contributed by atoms with Crippen molar-refractivity contribution >= 4 is 17.3 Å². The normalized spacial score (nSPS) is 10.1. The van der Waals surface area contributed by atoms with Gasteiger partial charge in [-0.3, -0.25) is 0 Å². The van der Waals surface area contributed by atoms with Gasteiger partial charge in [0.25, 0.3) is 0 Å². The van der Waals surface area contributed by atoms with Crippen molar-refractivity contribution in [3.05, 3.63) is 24.0 Å². The highest BCUT2D eigenvalue weighted by atomic mass is 35.5. The quantitative estimate of drug-likeness (QED) is 0.599. The maximum atomic E-state index is 13.4.